The van der Waals surface area contributed by atoms with Gasteiger partial charge in [0, 0.05) is 23.8 Å². The first-order chi connectivity index (χ1) is 16.1. The second kappa shape index (κ2) is 9.05. The van der Waals surface area contributed by atoms with Gasteiger partial charge in [-0.25, -0.2) is 0 Å². The molecule has 11 heteroatoms. The molecule has 2 aromatic carbocycles. The topological polar surface area (TPSA) is 187 Å². The first kappa shape index (κ1) is 23.7. The number of aliphatic hydroxyl groups excluding tert-OH is 4. The third-order valence-electron chi connectivity index (χ3n) is 5.52. The molecule has 4 rings (SSSR count). The summed E-state index contributed by atoms with van der Waals surface area (Å²) in [4.78, 5) is 24.1. The highest BCUT2D eigenvalue weighted by molar-refractivity contribution is 5.86. The van der Waals surface area contributed by atoms with Crippen LogP contribution in [0.5, 0.6) is 17.2 Å². The van der Waals surface area contributed by atoms with E-state index in [1.165, 1.54) is 36.4 Å². The predicted octanol–water partition coefficient (Wildman–Crippen LogP) is 0.00750. The Labute approximate surface area is 191 Å². The molecule has 1 aromatic heterocycles. The molecular weight excluding hydrogens is 452 g/mol. The Balaban J connectivity index is 1.69. The number of carbonyl (C=O) groups excluding carboxylic acids is 1. The molecule has 0 amide bonds. The van der Waals surface area contributed by atoms with E-state index in [1.807, 2.05) is 0 Å². The van der Waals surface area contributed by atoms with Gasteiger partial charge in [-0.1, -0.05) is 0 Å². The Morgan fingerprint density at radius 2 is 1.68 bits per heavy atom. The summed E-state index contributed by atoms with van der Waals surface area (Å²) in [5, 5.41) is 60.2. The number of rotatable bonds is 5. The van der Waals surface area contributed by atoms with Crippen LogP contribution in [0.4, 0.5) is 0 Å². The second-order valence-electron chi connectivity index (χ2n) is 7.95. The number of ether oxygens (including phenoxy) is 2. The molecule has 0 radical (unpaired) electrons. The lowest BCUT2D eigenvalue weighted by molar-refractivity contribution is -0.285. The van der Waals surface area contributed by atoms with Crippen LogP contribution in [0, 0.1) is 0 Å². The van der Waals surface area contributed by atoms with Gasteiger partial charge in [-0.3, -0.25) is 9.59 Å². The Morgan fingerprint density at radius 3 is 2.32 bits per heavy atom. The summed E-state index contributed by atoms with van der Waals surface area (Å²) in [5.41, 5.74) is -0.144. The molecule has 1 fully saturated rings. The molecule has 3 aromatic rings. The first-order valence-electron chi connectivity index (χ1n) is 10.2. The summed E-state index contributed by atoms with van der Waals surface area (Å²) in [7, 11) is 0. The van der Waals surface area contributed by atoms with Crippen molar-refractivity contribution in [3.63, 3.8) is 0 Å². The van der Waals surface area contributed by atoms with E-state index in [1.54, 1.807) is 0 Å². The highest BCUT2D eigenvalue weighted by Crippen LogP contribution is 2.33. The average Bonchev–Trinajstić information content (AvgIpc) is 2.78. The Bertz CT molecular complexity index is 1270. The van der Waals surface area contributed by atoms with Crippen LogP contribution in [0.15, 0.2) is 51.7 Å². The zero-order chi connectivity index (χ0) is 24.7. The van der Waals surface area contributed by atoms with Crippen LogP contribution < -0.4 is 10.2 Å². The quantitative estimate of drug-likeness (QED) is 0.292. The second-order valence-corrected chi connectivity index (χ2v) is 7.95. The van der Waals surface area contributed by atoms with Gasteiger partial charge in [0.15, 0.2) is 11.2 Å². The summed E-state index contributed by atoms with van der Waals surface area (Å²) < 4.78 is 16.6. The van der Waals surface area contributed by atoms with E-state index in [9.17, 15) is 40.2 Å². The predicted molar refractivity (Wildman–Crippen MR) is 115 cm³/mol. The van der Waals surface area contributed by atoms with Crippen LogP contribution in [0.1, 0.15) is 6.92 Å². The molecule has 1 aliphatic heterocycles. The van der Waals surface area contributed by atoms with Crippen LogP contribution in [0.25, 0.3) is 22.3 Å². The fourth-order valence-electron chi connectivity index (χ4n) is 3.68. The molecule has 180 valence electrons. The molecule has 0 spiro atoms. The van der Waals surface area contributed by atoms with Crippen molar-refractivity contribution in [2.45, 2.75) is 43.7 Å². The van der Waals surface area contributed by atoms with Gasteiger partial charge in [0.25, 0.3) is 0 Å². The van der Waals surface area contributed by atoms with Gasteiger partial charge in [-0.15, -0.1) is 0 Å². The van der Waals surface area contributed by atoms with Crippen molar-refractivity contribution in [3.8, 4) is 28.6 Å². The fourth-order valence-corrected chi connectivity index (χ4v) is 3.68. The van der Waals surface area contributed by atoms with Crippen molar-refractivity contribution in [1.82, 2.24) is 0 Å². The first-order valence-corrected chi connectivity index (χ1v) is 10.2. The monoisotopic (exact) mass is 474 g/mol. The van der Waals surface area contributed by atoms with Crippen molar-refractivity contribution in [2.24, 2.45) is 0 Å². The lowest BCUT2D eigenvalue weighted by atomic mass is 9.94. The van der Waals surface area contributed by atoms with Gasteiger partial charge in [0.05, 0.1) is 0 Å². The van der Waals surface area contributed by atoms with E-state index >= 15 is 0 Å². The number of benzene rings is 2. The molecular formula is C23H22O11. The van der Waals surface area contributed by atoms with E-state index in [0.29, 0.717) is 5.56 Å². The maximum absolute atomic E-state index is 12.6. The minimum Gasteiger partial charge on any atom is -0.508 e. The Hall–Kier alpha value is -3.48. The van der Waals surface area contributed by atoms with Crippen molar-refractivity contribution in [3.05, 3.63) is 52.7 Å². The van der Waals surface area contributed by atoms with Crippen LogP contribution in [-0.2, 0) is 9.53 Å². The normalized spacial score (nSPS) is 25.7. The molecule has 0 bridgehead atoms. The van der Waals surface area contributed by atoms with Crippen LogP contribution >= 0.6 is 0 Å². The number of carbonyl (C=O) groups is 1. The lowest BCUT2D eigenvalue weighted by Gasteiger charge is -2.41. The molecule has 0 saturated carbocycles. The average molecular weight is 474 g/mol. The van der Waals surface area contributed by atoms with Gasteiger partial charge in [-0.2, -0.15) is 0 Å². The molecule has 6 atom stereocenters. The molecule has 11 nitrogen and oxygen atoms in total. The van der Waals surface area contributed by atoms with Gasteiger partial charge in [-0.05, 0) is 31.2 Å². The number of hydrogen-bond acceptors (Lipinski definition) is 11. The molecule has 2 unspecified atom stereocenters. The number of aromatic hydroxyl groups is 2. The zero-order valence-corrected chi connectivity index (χ0v) is 17.7. The summed E-state index contributed by atoms with van der Waals surface area (Å²) in [6.45, 7) is 1.06. The molecule has 34 heavy (non-hydrogen) atoms. The molecule has 1 aliphatic rings. The van der Waals surface area contributed by atoms with Gasteiger partial charge in [0.2, 0.25) is 6.29 Å². The number of phenols is 2. The number of aliphatic hydroxyl groups is 4. The van der Waals surface area contributed by atoms with Crippen LogP contribution in [-0.4, -0.2) is 73.2 Å². The van der Waals surface area contributed by atoms with Crippen molar-refractivity contribution in [1.29, 1.82) is 0 Å². The van der Waals surface area contributed by atoms with E-state index in [-0.39, 0.29) is 28.2 Å². The summed E-state index contributed by atoms with van der Waals surface area (Å²) in [5.74, 6) is -1.21. The number of phenolic OH excluding ortho intramolecular Hbond substituents is 2. The van der Waals surface area contributed by atoms with Crippen LogP contribution in [0.2, 0.25) is 0 Å². The summed E-state index contributed by atoms with van der Waals surface area (Å²) in [6.07, 6.45) is -10.4. The summed E-state index contributed by atoms with van der Waals surface area (Å²) >= 11 is 0. The highest BCUT2D eigenvalue weighted by atomic mass is 16.7. The largest absolute Gasteiger partial charge is 0.508 e. The Kier molecular flexibility index (Phi) is 6.30. The number of fused-ring (bicyclic) bond motifs is 1. The van der Waals surface area contributed by atoms with Gasteiger partial charge in [0.1, 0.15) is 64.5 Å². The van der Waals surface area contributed by atoms with E-state index < -0.39 is 53.8 Å². The number of ketones is 1. The maximum atomic E-state index is 12.6. The van der Waals surface area contributed by atoms with Gasteiger partial charge >= 0.3 is 0 Å². The molecule has 6 N–H and O–H groups in total. The highest BCUT2D eigenvalue weighted by Gasteiger charge is 2.48. The van der Waals surface area contributed by atoms with Crippen molar-refractivity contribution >= 4 is 16.8 Å². The smallest absolute Gasteiger partial charge is 0.229 e. The molecule has 1 saturated heterocycles. The zero-order valence-electron chi connectivity index (χ0n) is 17.7. The minimum atomic E-state index is -1.81. The van der Waals surface area contributed by atoms with Crippen molar-refractivity contribution < 1.29 is 49.3 Å². The summed E-state index contributed by atoms with van der Waals surface area (Å²) in [6, 6.07) is 9.34. The maximum Gasteiger partial charge on any atom is 0.229 e. The standard InChI is InChI=1S/C23H22O11/c1-9(24)18(28)22-20(30)19(29)21(31)23(34-22)32-12-6-13(26)17-14(27)8-15(33-16(17)7-12)10-2-4-11(25)5-3-10/h2-8,18-23,25-26,28-31H,1H3/t18?,19-,20-,21+,22+,23?/m0/s1. The fraction of sp³-hybridized carbons (Fsp3) is 0.304. The Morgan fingerprint density at radius 1 is 1.00 bits per heavy atom. The number of hydrogen-bond donors (Lipinski definition) is 6. The van der Waals surface area contributed by atoms with E-state index in [4.69, 9.17) is 13.9 Å². The van der Waals surface area contributed by atoms with E-state index in [2.05, 4.69) is 0 Å². The lowest BCUT2D eigenvalue weighted by Crippen LogP contribution is -2.62. The van der Waals surface area contributed by atoms with Crippen LogP contribution in [0.3, 0.4) is 0 Å². The minimum absolute atomic E-state index is 0.0201. The molecule has 0 aliphatic carbocycles. The van der Waals surface area contributed by atoms with Crippen molar-refractivity contribution in [2.75, 3.05) is 0 Å². The third kappa shape index (κ3) is 4.34. The van der Waals surface area contributed by atoms with E-state index in [0.717, 1.165) is 13.0 Å². The molecule has 2 heterocycles. The third-order valence-corrected chi connectivity index (χ3v) is 5.52. The number of Topliss-reactive ketones (excluding diaryl/α,β-unsaturated/α-hetero) is 1. The SMILES string of the molecule is CC(=O)C(O)[C@H]1OC(Oc2cc(O)c3c(=O)cc(-c4ccc(O)cc4)oc3c2)[C@H](O)[C@@H](O)[C@@H]1O. The van der Waals surface area contributed by atoms with Gasteiger partial charge < -0.3 is 44.5 Å².